The van der Waals surface area contributed by atoms with E-state index in [1.807, 2.05) is 0 Å². The van der Waals surface area contributed by atoms with E-state index in [1.165, 1.54) is 32.1 Å². The summed E-state index contributed by atoms with van der Waals surface area (Å²) < 4.78 is 5.82. The van der Waals surface area contributed by atoms with Crippen molar-refractivity contribution in [3.05, 3.63) is 0 Å². The second kappa shape index (κ2) is 4.79. The Balaban J connectivity index is 1.78. The third-order valence-corrected chi connectivity index (χ3v) is 6.52. The maximum Gasteiger partial charge on any atom is 0.303 e. The number of hydrogen-bond donors (Lipinski definition) is 0. The quantitative estimate of drug-likeness (QED) is 0.715. The van der Waals surface area contributed by atoms with Crippen LogP contribution in [0.15, 0.2) is 0 Å². The molecule has 0 heterocycles. The summed E-state index contributed by atoms with van der Waals surface area (Å²) >= 11 is 0. The molecule has 0 aliphatic heterocycles. The fraction of sp³-hybridized carbons (Fsp3) is 0.941. The summed E-state index contributed by atoms with van der Waals surface area (Å²) in [6, 6.07) is 0. The smallest absolute Gasteiger partial charge is 0.303 e. The molecule has 0 radical (unpaired) electrons. The first-order valence-corrected chi connectivity index (χ1v) is 8.27. The fourth-order valence-electron chi connectivity index (χ4n) is 5.94. The Morgan fingerprint density at radius 2 is 1.95 bits per heavy atom. The molecule has 2 heteroatoms. The predicted octanol–water partition coefficient (Wildman–Crippen LogP) is 4.18. The normalized spacial score (nSPS) is 45.8. The maximum atomic E-state index is 11.5. The number of hydrogen-bond acceptors (Lipinski definition) is 2. The molecule has 19 heavy (non-hydrogen) atoms. The van der Waals surface area contributed by atoms with Gasteiger partial charge in [-0.1, -0.05) is 39.5 Å². The third kappa shape index (κ3) is 2.02. The number of rotatable bonds is 3. The first-order chi connectivity index (χ1) is 9.07. The second-order valence-electron chi connectivity index (χ2n) is 7.30. The molecule has 0 spiro atoms. The van der Waals surface area contributed by atoms with Crippen LogP contribution >= 0.6 is 0 Å². The lowest BCUT2D eigenvalue weighted by molar-refractivity contribution is -0.168. The van der Waals surface area contributed by atoms with Crippen molar-refractivity contribution in [1.82, 2.24) is 0 Å². The minimum absolute atomic E-state index is 0.0842. The lowest BCUT2D eigenvalue weighted by Gasteiger charge is -2.44. The predicted molar refractivity (Wildman–Crippen MR) is 75.6 cm³/mol. The number of esters is 1. The molecule has 5 unspecified atom stereocenters. The largest absolute Gasteiger partial charge is 0.459 e. The van der Waals surface area contributed by atoms with Gasteiger partial charge in [-0.15, -0.1) is 0 Å². The van der Waals surface area contributed by atoms with Gasteiger partial charge in [-0.05, 0) is 42.9 Å². The van der Waals surface area contributed by atoms with Gasteiger partial charge >= 0.3 is 5.97 Å². The number of carbonyl (C=O) groups excluding carboxylic acids is 1. The molecule has 3 aliphatic carbocycles. The van der Waals surface area contributed by atoms with Gasteiger partial charge in [0.15, 0.2) is 0 Å². The standard InChI is InChI=1S/C17H28O2/c1-4-17(19-12(3)18)10-14-9-15(17)11(2)16(14)13-7-5-6-8-13/h11,13-16H,4-10H2,1-3H3. The van der Waals surface area contributed by atoms with Crippen molar-refractivity contribution in [3.63, 3.8) is 0 Å². The van der Waals surface area contributed by atoms with E-state index in [0.29, 0.717) is 5.92 Å². The van der Waals surface area contributed by atoms with Crippen LogP contribution < -0.4 is 0 Å². The summed E-state index contributed by atoms with van der Waals surface area (Å²) in [7, 11) is 0. The van der Waals surface area contributed by atoms with Gasteiger partial charge in [0.25, 0.3) is 0 Å². The molecule has 3 fully saturated rings. The average molecular weight is 264 g/mol. The van der Waals surface area contributed by atoms with E-state index in [9.17, 15) is 4.79 Å². The summed E-state index contributed by atoms with van der Waals surface area (Å²) in [5.41, 5.74) is -0.120. The van der Waals surface area contributed by atoms with Gasteiger partial charge in [-0.25, -0.2) is 0 Å². The zero-order valence-corrected chi connectivity index (χ0v) is 12.7. The van der Waals surface area contributed by atoms with Gasteiger partial charge in [-0.2, -0.15) is 0 Å². The van der Waals surface area contributed by atoms with E-state index in [4.69, 9.17) is 4.74 Å². The highest BCUT2D eigenvalue weighted by atomic mass is 16.6. The maximum absolute atomic E-state index is 11.5. The molecule has 3 saturated carbocycles. The van der Waals surface area contributed by atoms with Crippen LogP contribution in [0.3, 0.4) is 0 Å². The van der Waals surface area contributed by atoms with Gasteiger partial charge < -0.3 is 4.74 Å². The minimum Gasteiger partial charge on any atom is -0.459 e. The third-order valence-electron chi connectivity index (χ3n) is 6.52. The van der Waals surface area contributed by atoms with Crippen LogP contribution in [0.5, 0.6) is 0 Å². The molecule has 0 saturated heterocycles. The highest BCUT2D eigenvalue weighted by molar-refractivity contribution is 5.66. The zero-order valence-electron chi connectivity index (χ0n) is 12.7. The minimum atomic E-state index is -0.120. The van der Waals surface area contributed by atoms with Crippen molar-refractivity contribution in [2.75, 3.05) is 0 Å². The van der Waals surface area contributed by atoms with Crippen LogP contribution in [-0.4, -0.2) is 11.6 Å². The van der Waals surface area contributed by atoms with Crippen molar-refractivity contribution in [2.24, 2.45) is 29.6 Å². The van der Waals surface area contributed by atoms with Crippen molar-refractivity contribution in [2.45, 2.75) is 71.3 Å². The van der Waals surface area contributed by atoms with Crippen LogP contribution in [0.25, 0.3) is 0 Å². The molecule has 0 amide bonds. The van der Waals surface area contributed by atoms with Crippen LogP contribution in [0, 0.1) is 29.6 Å². The number of carbonyl (C=O) groups is 1. The van der Waals surface area contributed by atoms with E-state index in [0.717, 1.165) is 36.5 Å². The van der Waals surface area contributed by atoms with Gasteiger partial charge in [0.2, 0.25) is 0 Å². The highest BCUT2D eigenvalue weighted by Gasteiger charge is 2.60. The molecule has 2 nitrogen and oxygen atoms in total. The van der Waals surface area contributed by atoms with E-state index < -0.39 is 0 Å². The van der Waals surface area contributed by atoms with E-state index in [2.05, 4.69) is 13.8 Å². The lowest BCUT2D eigenvalue weighted by Crippen LogP contribution is -2.46. The Hall–Kier alpha value is -0.530. The van der Waals surface area contributed by atoms with Crippen molar-refractivity contribution in [3.8, 4) is 0 Å². The first-order valence-electron chi connectivity index (χ1n) is 8.27. The fourth-order valence-corrected chi connectivity index (χ4v) is 5.94. The summed E-state index contributed by atoms with van der Waals surface area (Å²) in [4.78, 5) is 11.5. The van der Waals surface area contributed by atoms with E-state index in [1.54, 1.807) is 6.92 Å². The van der Waals surface area contributed by atoms with Crippen LogP contribution in [-0.2, 0) is 9.53 Å². The van der Waals surface area contributed by atoms with Crippen molar-refractivity contribution < 1.29 is 9.53 Å². The lowest BCUT2D eigenvalue weighted by atomic mass is 9.66. The molecular weight excluding hydrogens is 236 g/mol. The molecule has 0 N–H and O–H groups in total. The Morgan fingerprint density at radius 1 is 1.26 bits per heavy atom. The van der Waals surface area contributed by atoms with E-state index in [-0.39, 0.29) is 11.6 Å². The summed E-state index contributed by atoms with van der Waals surface area (Å²) in [5.74, 6) is 4.00. The molecule has 5 atom stereocenters. The summed E-state index contributed by atoms with van der Waals surface area (Å²) in [5, 5.41) is 0. The van der Waals surface area contributed by atoms with E-state index >= 15 is 0 Å². The van der Waals surface area contributed by atoms with Crippen molar-refractivity contribution in [1.29, 1.82) is 0 Å². The molecule has 0 aromatic rings. The Labute approximate surface area is 117 Å². The van der Waals surface area contributed by atoms with Crippen LogP contribution in [0.1, 0.15) is 65.7 Å². The molecule has 3 aliphatic rings. The summed E-state index contributed by atoms with van der Waals surface area (Å²) in [6.45, 7) is 6.20. The average Bonchev–Trinajstić information content (AvgIpc) is 3.02. The molecule has 108 valence electrons. The summed E-state index contributed by atoms with van der Waals surface area (Å²) in [6.07, 6.45) is 9.22. The number of fused-ring (bicyclic) bond motifs is 2. The number of ether oxygens (including phenoxy) is 1. The molecule has 0 aromatic heterocycles. The molecule has 3 rings (SSSR count). The van der Waals surface area contributed by atoms with Gasteiger partial charge in [0, 0.05) is 12.8 Å². The zero-order chi connectivity index (χ0) is 13.6. The van der Waals surface area contributed by atoms with Crippen molar-refractivity contribution >= 4 is 5.97 Å². The van der Waals surface area contributed by atoms with Gasteiger partial charge in [0.05, 0.1) is 0 Å². The molecule has 0 aromatic carbocycles. The Kier molecular flexibility index (Phi) is 3.39. The molecule has 2 bridgehead atoms. The van der Waals surface area contributed by atoms with Crippen LogP contribution in [0.4, 0.5) is 0 Å². The first kappa shape index (κ1) is 13.5. The Morgan fingerprint density at radius 3 is 2.47 bits per heavy atom. The monoisotopic (exact) mass is 264 g/mol. The highest BCUT2D eigenvalue weighted by Crippen LogP contribution is 2.62. The molecular formula is C17H28O2. The topological polar surface area (TPSA) is 26.3 Å². The SMILES string of the molecule is CCC1(OC(C)=O)CC2CC1C(C)C2C1CCCC1. The van der Waals surface area contributed by atoms with Gasteiger partial charge in [-0.3, -0.25) is 4.79 Å². The van der Waals surface area contributed by atoms with Gasteiger partial charge in [0.1, 0.15) is 5.60 Å². The second-order valence-corrected chi connectivity index (χ2v) is 7.30. The van der Waals surface area contributed by atoms with Crippen LogP contribution in [0.2, 0.25) is 0 Å². The Bertz CT molecular complexity index is 356.